The van der Waals surface area contributed by atoms with Crippen molar-refractivity contribution in [2.75, 3.05) is 25.4 Å². The molecule has 1 aliphatic rings. The van der Waals surface area contributed by atoms with E-state index < -0.39 is 0 Å². The van der Waals surface area contributed by atoms with Crippen molar-refractivity contribution in [1.29, 1.82) is 0 Å². The summed E-state index contributed by atoms with van der Waals surface area (Å²) in [6, 6.07) is 18.6. The summed E-state index contributed by atoms with van der Waals surface area (Å²) in [5.41, 5.74) is 2.04. The van der Waals surface area contributed by atoms with E-state index in [1.165, 1.54) is 11.3 Å². The quantitative estimate of drug-likeness (QED) is 0.434. The first-order valence-corrected chi connectivity index (χ1v) is 10.7. The van der Waals surface area contributed by atoms with Crippen molar-refractivity contribution in [3.8, 4) is 0 Å². The maximum atomic E-state index is 9.51. The molecule has 0 spiro atoms. The first kappa shape index (κ1) is 19.8. The smallest absolute Gasteiger partial charge is 0.194 e. The fourth-order valence-corrected chi connectivity index (χ4v) is 4.39. The molecule has 1 atom stereocenters. The number of aliphatic imine (C=N–C) groups is 1. The summed E-state index contributed by atoms with van der Waals surface area (Å²) in [6.45, 7) is 5.72. The summed E-state index contributed by atoms with van der Waals surface area (Å²) >= 11 is 1.95. The lowest BCUT2D eigenvalue weighted by atomic mass is 10.1. The fourth-order valence-electron chi connectivity index (χ4n) is 3.34. The van der Waals surface area contributed by atoms with Crippen LogP contribution in [0.5, 0.6) is 0 Å². The van der Waals surface area contributed by atoms with E-state index in [0.29, 0.717) is 12.5 Å². The van der Waals surface area contributed by atoms with Crippen LogP contribution in [0, 0.1) is 5.92 Å². The molecular formula is C22H29N3OS. The maximum absolute atomic E-state index is 9.51. The van der Waals surface area contributed by atoms with Crippen LogP contribution in [0.2, 0.25) is 0 Å². The van der Waals surface area contributed by atoms with E-state index in [1.54, 1.807) is 0 Å². The summed E-state index contributed by atoms with van der Waals surface area (Å²) in [5, 5.41) is 12.9. The average Bonchev–Trinajstić information content (AvgIpc) is 3.19. The van der Waals surface area contributed by atoms with Crippen LogP contribution >= 0.6 is 11.8 Å². The van der Waals surface area contributed by atoms with Crippen LogP contribution in [0.25, 0.3) is 0 Å². The molecule has 0 bridgehead atoms. The van der Waals surface area contributed by atoms with Crippen LogP contribution in [0.4, 0.5) is 0 Å². The van der Waals surface area contributed by atoms with Gasteiger partial charge in [-0.15, -0.1) is 11.8 Å². The van der Waals surface area contributed by atoms with Crippen LogP contribution in [-0.2, 0) is 13.2 Å². The Morgan fingerprint density at radius 2 is 1.89 bits per heavy atom. The zero-order valence-corrected chi connectivity index (χ0v) is 16.8. The zero-order chi connectivity index (χ0) is 18.9. The van der Waals surface area contributed by atoms with Crippen molar-refractivity contribution in [3.63, 3.8) is 0 Å². The van der Waals surface area contributed by atoms with Crippen molar-refractivity contribution in [3.05, 3.63) is 65.7 Å². The van der Waals surface area contributed by atoms with Gasteiger partial charge in [0.25, 0.3) is 0 Å². The molecule has 1 heterocycles. The minimum absolute atomic E-state index is 0.0602. The third kappa shape index (κ3) is 5.75. The number of rotatable bonds is 7. The SMILES string of the molecule is CCNC(=NCc1ccccc1CO)N1CCC(CSc2ccccc2)C1. The molecule has 144 valence electrons. The van der Waals surface area contributed by atoms with Gasteiger partial charge in [-0.05, 0) is 42.5 Å². The minimum Gasteiger partial charge on any atom is -0.392 e. The lowest BCUT2D eigenvalue weighted by Gasteiger charge is -2.22. The number of aliphatic hydroxyl groups excluding tert-OH is 1. The molecule has 1 unspecified atom stereocenters. The zero-order valence-electron chi connectivity index (χ0n) is 16.0. The molecule has 0 aromatic heterocycles. The van der Waals surface area contributed by atoms with Crippen molar-refractivity contribution in [1.82, 2.24) is 10.2 Å². The van der Waals surface area contributed by atoms with E-state index in [4.69, 9.17) is 4.99 Å². The number of aliphatic hydroxyl groups is 1. The van der Waals surface area contributed by atoms with E-state index >= 15 is 0 Å². The van der Waals surface area contributed by atoms with Crippen molar-refractivity contribution in [2.45, 2.75) is 31.4 Å². The van der Waals surface area contributed by atoms with Crippen LogP contribution in [-0.4, -0.2) is 41.4 Å². The lowest BCUT2D eigenvalue weighted by Crippen LogP contribution is -2.40. The van der Waals surface area contributed by atoms with Gasteiger partial charge >= 0.3 is 0 Å². The lowest BCUT2D eigenvalue weighted by molar-refractivity contribution is 0.280. The van der Waals surface area contributed by atoms with Crippen molar-refractivity contribution >= 4 is 17.7 Å². The van der Waals surface area contributed by atoms with E-state index in [0.717, 1.165) is 42.5 Å². The maximum Gasteiger partial charge on any atom is 0.194 e. The molecule has 3 rings (SSSR count). The van der Waals surface area contributed by atoms with E-state index in [-0.39, 0.29) is 6.61 Å². The molecule has 1 aliphatic heterocycles. The van der Waals surface area contributed by atoms with Crippen molar-refractivity contribution < 1.29 is 5.11 Å². The molecule has 4 nitrogen and oxygen atoms in total. The highest BCUT2D eigenvalue weighted by Crippen LogP contribution is 2.26. The number of hydrogen-bond donors (Lipinski definition) is 2. The fraction of sp³-hybridized carbons (Fsp3) is 0.409. The summed E-state index contributed by atoms with van der Waals surface area (Å²) in [5.74, 6) is 2.81. The normalized spacial score (nSPS) is 17.3. The van der Waals surface area contributed by atoms with Crippen LogP contribution in [0.1, 0.15) is 24.5 Å². The number of nitrogens with zero attached hydrogens (tertiary/aromatic N) is 2. The molecule has 2 aromatic carbocycles. The van der Waals surface area contributed by atoms with Gasteiger partial charge < -0.3 is 15.3 Å². The molecular weight excluding hydrogens is 354 g/mol. The highest BCUT2D eigenvalue weighted by Gasteiger charge is 2.24. The largest absolute Gasteiger partial charge is 0.392 e. The van der Waals surface area contributed by atoms with Gasteiger partial charge in [0.1, 0.15) is 0 Å². The Kier molecular flexibility index (Phi) is 7.60. The first-order valence-electron chi connectivity index (χ1n) is 9.69. The Balaban J connectivity index is 1.58. The number of guanidine groups is 1. The number of thioether (sulfide) groups is 1. The van der Waals surface area contributed by atoms with E-state index in [2.05, 4.69) is 47.5 Å². The monoisotopic (exact) mass is 383 g/mol. The Morgan fingerprint density at radius 3 is 2.63 bits per heavy atom. The number of likely N-dealkylation sites (tertiary alicyclic amines) is 1. The molecule has 0 amide bonds. The second-order valence-electron chi connectivity index (χ2n) is 6.82. The molecule has 1 fully saturated rings. The van der Waals surface area contributed by atoms with Gasteiger partial charge in [-0.2, -0.15) is 0 Å². The third-order valence-corrected chi connectivity index (χ3v) is 6.08. The van der Waals surface area contributed by atoms with Gasteiger partial charge in [-0.1, -0.05) is 42.5 Å². The first-order chi connectivity index (χ1) is 13.3. The Morgan fingerprint density at radius 1 is 1.15 bits per heavy atom. The summed E-state index contributed by atoms with van der Waals surface area (Å²) in [7, 11) is 0. The Labute approximate surface area is 166 Å². The summed E-state index contributed by atoms with van der Waals surface area (Å²) in [4.78, 5) is 8.56. The van der Waals surface area contributed by atoms with Gasteiger partial charge in [-0.3, -0.25) is 0 Å². The third-order valence-electron chi connectivity index (χ3n) is 4.84. The summed E-state index contributed by atoms with van der Waals surface area (Å²) in [6.07, 6.45) is 1.21. The van der Waals surface area contributed by atoms with Gasteiger partial charge in [0.15, 0.2) is 5.96 Å². The molecule has 1 saturated heterocycles. The van der Waals surface area contributed by atoms with Gasteiger partial charge in [0.05, 0.1) is 13.2 Å². The van der Waals surface area contributed by atoms with E-state index in [9.17, 15) is 5.11 Å². The molecule has 0 radical (unpaired) electrons. The molecule has 0 saturated carbocycles. The molecule has 2 N–H and O–H groups in total. The predicted molar refractivity (Wildman–Crippen MR) is 114 cm³/mol. The van der Waals surface area contributed by atoms with Gasteiger partial charge in [0.2, 0.25) is 0 Å². The minimum atomic E-state index is 0.0602. The average molecular weight is 384 g/mol. The predicted octanol–water partition coefficient (Wildman–Crippen LogP) is 3.76. The molecule has 27 heavy (non-hydrogen) atoms. The van der Waals surface area contributed by atoms with Crippen molar-refractivity contribution in [2.24, 2.45) is 10.9 Å². The second-order valence-corrected chi connectivity index (χ2v) is 7.92. The van der Waals surface area contributed by atoms with Gasteiger partial charge in [0, 0.05) is 30.3 Å². The molecule has 2 aromatic rings. The van der Waals surface area contributed by atoms with Gasteiger partial charge in [-0.25, -0.2) is 4.99 Å². The number of hydrogen-bond acceptors (Lipinski definition) is 3. The topological polar surface area (TPSA) is 47.9 Å². The number of benzene rings is 2. The highest BCUT2D eigenvalue weighted by molar-refractivity contribution is 7.99. The number of nitrogens with one attached hydrogen (secondary N) is 1. The molecule has 5 heteroatoms. The van der Waals surface area contributed by atoms with Crippen LogP contribution in [0.15, 0.2) is 64.5 Å². The summed E-state index contributed by atoms with van der Waals surface area (Å²) < 4.78 is 0. The Hall–Kier alpha value is -1.98. The van der Waals surface area contributed by atoms with Crippen LogP contribution < -0.4 is 5.32 Å². The van der Waals surface area contributed by atoms with Crippen LogP contribution in [0.3, 0.4) is 0 Å². The highest BCUT2D eigenvalue weighted by atomic mass is 32.2. The standard InChI is InChI=1S/C22H29N3OS/c1-2-23-22(24-14-19-8-6-7-9-20(19)16-26)25-13-12-18(15-25)17-27-21-10-4-3-5-11-21/h3-11,18,26H,2,12-17H2,1H3,(H,23,24). The van der Waals surface area contributed by atoms with E-state index in [1.807, 2.05) is 36.0 Å². The Bertz CT molecular complexity index is 735. The molecule has 0 aliphatic carbocycles. The second kappa shape index (κ2) is 10.4.